The second kappa shape index (κ2) is 14.2. The summed E-state index contributed by atoms with van der Waals surface area (Å²) in [5, 5.41) is 18.8. The quantitative estimate of drug-likeness (QED) is 0.280. The maximum atomic E-state index is 10.8. The molecule has 0 unspecified atom stereocenters. The summed E-state index contributed by atoms with van der Waals surface area (Å²) in [4.78, 5) is 10.8. The van der Waals surface area contributed by atoms with E-state index in [0.29, 0.717) is 12.3 Å². The third-order valence-electron chi connectivity index (χ3n) is 8.89. The molecule has 0 aromatic rings. The number of carboxylic acid groups (broad SMARTS) is 1. The summed E-state index contributed by atoms with van der Waals surface area (Å²) < 4.78 is 0. The summed E-state index contributed by atoms with van der Waals surface area (Å²) in [5.74, 6) is 2.29. The Bertz CT molecular complexity index is 536. The van der Waals surface area contributed by atoms with Crippen LogP contribution in [0.1, 0.15) is 136 Å². The minimum atomic E-state index is -0.718. The first-order chi connectivity index (χ1) is 15.0. The van der Waals surface area contributed by atoms with E-state index in [4.69, 9.17) is 5.11 Å². The molecule has 0 heterocycles. The zero-order valence-electron chi connectivity index (χ0n) is 20.5. The molecule has 2 aliphatic carbocycles. The van der Waals surface area contributed by atoms with Crippen LogP contribution in [0.25, 0.3) is 0 Å². The smallest absolute Gasteiger partial charge is 0.303 e. The molecule has 0 saturated heterocycles. The fourth-order valence-corrected chi connectivity index (χ4v) is 6.52. The van der Waals surface area contributed by atoms with Crippen LogP contribution >= 0.6 is 0 Å². The van der Waals surface area contributed by atoms with Gasteiger partial charge in [0.25, 0.3) is 0 Å². The summed E-state index contributed by atoms with van der Waals surface area (Å²) in [6.45, 7) is 4.47. The van der Waals surface area contributed by atoms with Gasteiger partial charge in [0.1, 0.15) is 0 Å². The van der Waals surface area contributed by atoms with E-state index >= 15 is 0 Å². The molecule has 0 radical (unpaired) electrons. The van der Waals surface area contributed by atoms with Crippen molar-refractivity contribution in [3.8, 4) is 6.07 Å². The number of aliphatic carboxylic acids is 1. The Morgan fingerprint density at radius 1 is 0.935 bits per heavy atom. The van der Waals surface area contributed by atoms with Gasteiger partial charge in [-0.25, -0.2) is 0 Å². The highest BCUT2D eigenvalue weighted by molar-refractivity contribution is 5.66. The Morgan fingerprint density at radius 2 is 1.52 bits per heavy atom. The highest BCUT2D eigenvalue weighted by atomic mass is 16.4. The van der Waals surface area contributed by atoms with E-state index in [1.165, 1.54) is 89.9 Å². The number of nitriles is 1. The number of rotatable bonds is 14. The van der Waals surface area contributed by atoms with Gasteiger partial charge in [-0.1, -0.05) is 78.1 Å². The largest absolute Gasteiger partial charge is 0.481 e. The molecule has 1 atom stereocenters. The first kappa shape index (κ1) is 26.2. The van der Waals surface area contributed by atoms with Crippen molar-refractivity contribution in [2.24, 2.45) is 29.1 Å². The minimum Gasteiger partial charge on any atom is -0.481 e. The molecule has 3 nitrogen and oxygen atoms in total. The van der Waals surface area contributed by atoms with Gasteiger partial charge in [0.2, 0.25) is 0 Å². The molecule has 0 aromatic carbocycles. The Labute approximate surface area is 192 Å². The predicted molar refractivity (Wildman–Crippen MR) is 129 cm³/mol. The number of carbonyl (C=O) groups is 1. The molecular weight excluding hydrogens is 382 g/mol. The number of hydrogen-bond acceptors (Lipinski definition) is 2. The maximum Gasteiger partial charge on any atom is 0.303 e. The lowest BCUT2D eigenvalue weighted by Crippen LogP contribution is -2.35. The van der Waals surface area contributed by atoms with Gasteiger partial charge in [0.15, 0.2) is 0 Å². The zero-order chi connectivity index (χ0) is 22.5. The predicted octanol–water partition coefficient (Wildman–Crippen LogP) is 8.52. The fourth-order valence-electron chi connectivity index (χ4n) is 6.52. The van der Waals surface area contributed by atoms with Crippen LogP contribution in [0.4, 0.5) is 0 Å². The Kier molecular flexibility index (Phi) is 12.0. The van der Waals surface area contributed by atoms with Crippen LogP contribution < -0.4 is 0 Å². The van der Waals surface area contributed by atoms with Gasteiger partial charge in [0.05, 0.1) is 11.5 Å². The average molecular weight is 432 g/mol. The van der Waals surface area contributed by atoms with Crippen molar-refractivity contribution in [2.75, 3.05) is 0 Å². The van der Waals surface area contributed by atoms with Crippen molar-refractivity contribution in [3.63, 3.8) is 0 Å². The molecule has 2 rings (SSSR count). The van der Waals surface area contributed by atoms with Crippen LogP contribution in [0.5, 0.6) is 0 Å². The molecule has 0 bridgehead atoms. The topological polar surface area (TPSA) is 61.1 Å². The molecular formula is C28H49NO2. The lowest BCUT2D eigenvalue weighted by molar-refractivity contribution is -0.137. The summed E-state index contributed by atoms with van der Waals surface area (Å²) >= 11 is 0. The van der Waals surface area contributed by atoms with Crippen molar-refractivity contribution in [1.29, 1.82) is 5.26 Å². The Morgan fingerprint density at radius 3 is 2.10 bits per heavy atom. The molecule has 2 saturated carbocycles. The van der Waals surface area contributed by atoms with Gasteiger partial charge >= 0.3 is 5.97 Å². The average Bonchev–Trinajstić information content (AvgIpc) is 2.78. The van der Waals surface area contributed by atoms with Crippen molar-refractivity contribution < 1.29 is 9.90 Å². The van der Waals surface area contributed by atoms with E-state index < -0.39 is 5.97 Å². The molecule has 2 fully saturated rings. The first-order valence-corrected chi connectivity index (χ1v) is 13.6. The molecule has 0 spiro atoms. The molecule has 2 aliphatic rings. The van der Waals surface area contributed by atoms with E-state index in [-0.39, 0.29) is 11.8 Å². The highest BCUT2D eigenvalue weighted by Crippen LogP contribution is 2.49. The van der Waals surface area contributed by atoms with Crippen LogP contribution in [0.3, 0.4) is 0 Å². The molecule has 0 amide bonds. The van der Waals surface area contributed by atoms with Gasteiger partial charge < -0.3 is 5.11 Å². The Balaban J connectivity index is 1.63. The SMILES string of the molecule is CCCCCCCCCC1CCC(C2CCC(C#N)([C@H](C)CCCC(=O)O)CC2)CC1. The number of unbranched alkanes of at least 4 members (excludes halogenated alkanes) is 6. The number of nitrogens with zero attached hydrogens (tertiary/aromatic N) is 1. The van der Waals surface area contributed by atoms with E-state index in [9.17, 15) is 10.1 Å². The van der Waals surface area contributed by atoms with Crippen molar-refractivity contribution >= 4 is 5.97 Å². The first-order valence-electron chi connectivity index (χ1n) is 13.6. The van der Waals surface area contributed by atoms with Crippen LogP contribution in [-0.4, -0.2) is 11.1 Å². The third kappa shape index (κ3) is 8.78. The second-order valence-electron chi connectivity index (χ2n) is 11.0. The van der Waals surface area contributed by atoms with Gasteiger partial charge in [0, 0.05) is 6.42 Å². The Hall–Kier alpha value is -1.04. The monoisotopic (exact) mass is 431 g/mol. The third-order valence-corrected chi connectivity index (χ3v) is 8.89. The van der Waals surface area contributed by atoms with Crippen LogP contribution in [-0.2, 0) is 4.79 Å². The molecule has 1 N–H and O–H groups in total. The molecule has 0 aromatic heterocycles. The van der Waals surface area contributed by atoms with E-state index in [1.807, 2.05) is 0 Å². The van der Waals surface area contributed by atoms with Gasteiger partial charge in [-0.3, -0.25) is 4.79 Å². The van der Waals surface area contributed by atoms with Gasteiger partial charge in [-0.05, 0) is 75.0 Å². The zero-order valence-corrected chi connectivity index (χ0v) is 20.5. The van der Waals surface area contributed by atoms with E-state index in [2.05, 4.69) is 19.9 Å². The van der Waals surface area contributed by atoms with E-state index in [0.717, 1.165) is 37.0 Å². The summed E-state index contributed by atoms with van der Waals surface area (Å²) in [7, 11) is 0. The van der Waals surface area contributed by atoms with Crippen LogP contribution in [0, 0.1) is 40.4 Å². The lowest BCUT2D eigenvalue weighted by Gasteiger charge is -2.43. The second-order valence-corrected chi connectivity index (χ2v) is 11.0. The van der Waals surface area contributed by atoms with E-state index in [1.54, 1.807) is 0 Å². The van der Waals surface area contributed by atoms with Gasteiger partial charge in [-0.2, -0.15) is 5.26 Å². The normalized spacial score (nSPS) is 29.9. The standard InChI is InChI=1S/C28H49NO2/c1-3-4-5-6-7-8-9-12-24-14-16-25(17-15-24)26-18-20-28(22-29,21-19-26)23(2)11-10-13-27(30)31/h23-26H,3-21H2,1-2H3,(H,30,31)/t23-,24?,25?,26?,28?/m1/s1. The molecule has 178 valence electrons. The summed E-state index contributed by atoms with van der Waals surface area (Å²) in [6, 6.07) is 2.68. The fraction of sp³-hybridized carbons (Fsp3) is 0.929. The summed E-state index contributed by atoms with van der Waals surface area (Å²) in [5.41, 5.74) is -0.205. The maximum absolute atomic E-state index is 10.8. The number of hydrogen-bond donors (Lipinski definition) is 1. The molecule has 3 heteroatoms. The van der Waals surface area contributed by atoms with Crippen LogP contribution in [0.15, 0.2) is 0 Å². The highest BCUT2D eigenvalue weighted by Gasteiger charge is 2.41. The molecule has 0 aliphatic heterocycles. The minimum absolute atomic E-state index is 0.205. The van der Waals surface area contributed by atoms with Crippen molar-refractivity contribution in [2.45, 2.75) is 136 Å². The lowest BCUT2D eigenvalue weighted by atomic mass is 9.60. The van der Waals surface area contributed by atoms with Crippen LogP contribution in [0.2, 0.25) is 0 Å². The van der Waals surface area contributed by atoms with Gasteiger partial charge in [-0.15, -0.1) is 0 Å². The summed E-state index contributed by atoms with van der Waals surface area (Å²) in [6.07, 6.45) is 23.4. The molecule has 31 heavy (non-hydrogen) atoms. The number of carboxylic acids is 1. The van der Waals surface area contributed by atoms with Crippen molar-refractivity contribution in [3.05, 3.63) is 0 Å². The van der Waals surface area contributed by atoms with Crippen molar-refractivity contribution in [1.82, 2.24) is 0 Å².